The van der Waals surface area contributed by atoms with Crippen LogP contribution in [0.3, 0.4) is 0 Å². The second-order valence-corrected chi connectivity index (χ2v) is 9.83. The highest BCUT2D eigenvalue weighted by atomic mass is 28.4. The quantitative estimate of drug-likeness (QED) is 0.714. The van der Waals surface area contributed by atoms with Crippen molar-refractivity contribution in [1.82, 2.24) is 4.57 Å². The average Bonchev–Trinajstić information content (AvgIpc) is 2.21. The van der Waals surface area contributed by atoms with Crippen molar-refractivity contribution in [3.8, 4) is 0 Å². The maximum Gasteiger partial charge on any atom is 0.433 e. The lowest BCUT2D eigenvalue weighted by molar-refractivity contribution is 0.100. The van der Waals surface area contributed by atoms with Gasteiger partial charge in [-0.05, 0) is 19.4 Å². The highest BCUT2D eigenvalue weighted by Gasteiger charge is 2.55. The lowest BCUT2D eigenvalue weighted by Gasteiger charge is -2.49. The van der Waals surface area contributed by atoms with Gasteiger partial charge in [0.2, 0.25) is 0 Å². The van der Waals surface area contributed by atoms with Gasteiger partial charge in [0.05, 0.1) is 0 Å². The molecule has 0 spiro atoms. The first-order chi connectivity index (χ1) is 7.39. The van der Waals surface area contributed by atoms with Crippen LogP contribution >= 0.6 is 0 Å². The van der Waals surface area contributed by atoms with Gasteiger partial charge in [0.15, 0.2) is 0 Å². The van der Waals surface area contributed by atoms with Crippen molar-refractivity contribution in [1.29, 1.82) is 0 Å². The standard InChI is InChI=1S/C12H27NO2Si/c1-11-9-7-8-10-13(11)16(14-5,15-6)12(2,3)4/h11H,7-10H2,1-6H3. The zero-order valence-corrected chi connectivity index (χ0v) is 12.7. The predicted molar refractivity (Wildman–Crippen MR) is 69.5 cm³/mol. The lowest BCUT2D eigenvalue weighted by atomic mass is 10.1. The Morgan fingerprint density at radius 1 is 1.12 bits per heavy atom. The third kappa shape index (κ3) is 2.35. The fraction of sp³-hybridized carbons (Fsp3) is 1.00. The fourth-order valence-electron chi connectivity index (χ4n) is 2.90. The molecule has 4 heteroatoms. The first-order valence-corrected chi connectivity index (χ1v) is 8.02. The Kier molecular flexibility index (Phi) is 4.57. The Labute approximate surface area is 101 Å². The molecule has 0 saturated carbocycles. The van der Waals surface area contributed by atoms with Crippen LogP contribution in [0.15, 0.2) is 0 Å². The minimum atomic E-state index is -2.27. The zero-order chi connectivity index (χ0) is 12.4. The third-order valence-electron chi connectivity index (χ3n) is 3.68. The minimum Gasteiger partial charge on any atom is -0.386 e. The van der Waals surface area contributed by atoms with Crippen LogP contribution in [-0.2, 0) is 8.85 Å². The Hall–Kier alpha value is 0.0969. The molecular formula is C12H27NO2Si. The second kappa shape index (κ2) is 5.17. The Morgan fingerprint density at radius 2 is 1.69 bits per heavy atom. The molecule has 1 aliphatic rings. The summed E-state index contributed by atoms with van der Waals surface area (Å²) in [4.78, 5) is 0. The molecule has 1 unspecified atom stereocenters. The van der Waals surface area contributed by atoms with Gasteiger partial charge in [0.25, 0.3) is 0 Å². The monoisotopic (exact) mass is 245 g/mol. The first-order valence-electron chi connectivity index (χ1n) is 6.26. The van der Waals surface area contributed by atoms with Gasteiger partial charge in [-0.1, -0.05) is 34.1 Å². The molecule has 1 atom stereocenters. The molecule has 1 aliphatic heterocycles. The molecule has 1 rings (SSSR count). The summed E-state index contributed by atoms with van der Waals surface area (Å²) in [5, 5.41) is 0.0715. The van der Waals surface area contributed by atoms with Crippen molar-refractivity contribution >= 4 is 8.72 Å². The summed E-state index contributed by atoms with van der Waals surface area (Å²) in [5.74, 6) is 0. The molecule has 96 valence electrons. The average molecular weight is 245 g/mol. The van der Waals surface area contributed by atoms with Gasteiger partial charge in [-0.3, -0.25) is 4.57 Å². The SMILES string of the molecule is CO[Si](OC)(N1CCCCC1C)C(C)(C)C. The topological polar surface area (TPSA) is 21.7 Å². The lowest BCUT2D eigenvalue weighted by Crippen LogP contribution is -2.66. The van der Waals surface area contributed by atoms with E-state index in [2.05, 4.69) is 32.3 Å². The van der Waals surface area contributed by atoms with Gasteiger partial charge in [0.1, 0.15) is 0 Å². The van der Waals surface area contributed by atoms with E-state index in [0.717, 1.165) is 6.54 Å². The number of nitrogens with zero attached hydrogens (tertiary/aromatic N) is 1. The third-order valence-corrected chi connectivity index (χ3v) is 8.11. The van der Waals surface area contributed by atoms with Gasteiger partial charge in [-0.15, -0.1) is 0 Å². The second-order valence-electron chi connectivity index (χ2n) is 5.78. The Balaban J connectivity index is 2.99. The van der Waals surface area contributed by atoms with Gasteiger partial charge in [0, 0.05) is 25.3 Å². The summed E-state index contributed by atoms with van der Waals surface area (Å²) in [6.45, 7) is 10.1. The molecule has 0 amide bonds. The molecule has 1 fully saturated rings. The predicted octanol–water partition coefficient (Wildman–Crippen LogP) is 2.89. The Morgan fingerprint density at radius 3 is 2.06 bits per heavy atom. The molecular weight excluding hydrogens is 218 g/mol. The molecule has 0 aliphatic carbocycles. The Bertz CT molecular complexity index is 224. The summed E-state index contributed by atoms with van der Waals surface area (Å²) in [6, 6.07) is 0.583. The number of hydrogen-bond acceptors (Lipinski definition) is 3. The van der Waals surface area contributed by atoms with Gasteiger partial charge < -0.3 is 8.85 Å². The summed E-state index contributed by atoms with van der Waals surface area (Å²) in [5.41, 5.74) is 0. The largest absolute Gasteiger partial charge is 0.433 e. The van der Waals surface area contributed by atoms with Gasteiger partial charge in [-0.2, -0.15) is 0 Å². The zero-order valence-electron chi connectivity index (χ0n) is 11.7. The van der Waals surface area contributed by atoms with Crippen LogP contribution in [0.25, 0.3) is 0 Å². The molecule has 1 saturated heterocycles. The number of hydrogen-bond donors (Lipinski definition) is 0. The van der Waals surface area contributed by atoms with Crippen molar-refractivity contribution in [2.45, 2.75) is 58.0 Å². The molecule has 0 radical (unpaired) electrons. The summed E-state index contributed by atoms with van der Waals surface area (Å²) < 4.78 is 14.3. The van der Waals surface area contributed by atoms with E-state index in [1.165, 1.54) is 19.3 Å². The van der Waals surface area contributed by atoms with Gasteiger partial charge in [-0.25, -0.2) is 0 Å². The number of piperidine rings is 1. The van der Waals surface area contributed by atoms with E-state index in [0.29, 0.717) is 6.04 Å². The van der Waals surface area contributed by atoms with E-state index in [1.54, 1.807) is 0 Å². The molecule has 0 aromatic carbocycles. The van der Waals surface area contributed by atoms with Crippen LogP contribution in [0.2, 0.25) is 5.04 Å². The van der Waals surface area contributed by atoms with Crippen LogP contribution in [0.1, 0.15) is 47.0 Å². The van der Waals surface area contributed by atoms with Crippen LogP contribution in [0, 0.1) is 0 Å². The maximum atomic E-state index is 5.90. The van der Waals surface area contributed by atoms with E-state index < -0.39 is 8.72 Å². The molecule has 0 N–H and O–H groups in total. The molecule has 3 nitrogen and oxygen atoms in total. The molecule has 16 heavy (non-hydrogen) atoms. The van der Waals surface area contributed by atoms with Crippen LogP contribution < -0.4 is 0 Å². The van der Waals surface area contributed by atoms with Crippen molar-refractivity contribution in [3.63, 3.8) is 0 Å². The summed E-state index contributed by atoms with van der Waals surface area (Å²) >= 11 is 0. The van der Waals surface area contributed by atoms with E-state index >= 15 is 0 Å². The minimum absolute atomic E-state index is 0.0715. The van der Waals surface area contributed by atoms with Crippen molar-refractivity contribution in [3.05, 3.63) is 0 Å². The van der Waals surface area contributed by atoms with Crippen LogP contribution in [0.5, 0.6) is 0 Å². The molecule has 0 bridgehead atoms. The molecule has 0 aromatic rings. The van der Waals surface area contributed by atoms with Crippen molar-refractivity contribution in [2.24, 2.45) is 0 Å². The van der Waals surface area contributed by atoms with E-state index in [9.17, 15) is 0 Å². The summed E-state index contributed by atoms with van der Waals surface area (Å²) in [6.07, 6.45) is 3.86. The van der Waals surface area contributed by atoms with Crippen molar-refractivity contribution in [2.75, 3.05) is 20.8 Å². The molecule has 0 aromatic heterocycles. The highest BCUT2D eigenvalue weighted by Crippen LogP contribution is 2.41. The van der Waals surface area contributed by atoms with Gasteiger partial charge >= 0.3 is 8.72 Å². The van der Waals surface area contributed by atoms with E-state index in [4.69, 9.17) is 8.85 Å². The normalized spacial score (nSPS) is 24.8. The smallest absolute Gasteiger partial charge is 0.386 e. The van der Waals surface area contributed by atoms with E-state index in [1.807, 2.05) is 14.2 Å². The van der Waals surface area contributed by atoms with Crippen molar-refractivity contribution < 1.29 is 8.85 Å². The first kappa shape index (κ1) is 14.2. The fourth-order valence-corrected chi connectivity index (χ4v) is 6.78. The van der Waals surface area contributed by atoms with E-state index in [-0.39, 0.29) is 5.04 Å². The molecule has 1 heterocycles. The van der Waals surface area contributed by atoms with Crippen LogP contribution in [0.4, 0.5) is 0 Å². The number of rotatable bonds is 3. The van der Waals surface area contributed by atoms with Crippen LogP contribution in [-0.4, -0.2) is 40.1 Å². The highest BCUT2D eigenvalue weighted by molar-refractivity contribution is 6.67. The maximum absolute atomic E-state index is 5.90. The summed E-state index contributed by atoms with van der Waals surface area (Å²) in [7, 11) is 1.34.